The normalized spacial score (nSPS) is 10.5. The summed E-state index contributed by atoms with van der Waals surface area (Å²) in [4.78, 5) is 26.9. The fraction of sp³-hybridized carbons (Fsp3) is 0.0588. The lowest BCUT2D eigenvalue weighted by Crippen LogP contribution is -2.18. The predicted molar refractivity (Wildman–Crippen MR) is 93.8 cm³/mol. The molecular weight excluding hydrogens is 358 g/mol. The molecule has 0 saturated heterocycles. The molecule has 6 heteroatoms. The molecule has 3 aromatic rings. The van der Waals surface area contributed by atoms with E-state index in [1.807, 2.05) is 18.2 Å². The Labute approximate surface area is 141 Å². The lowest BCUT2D eigenvalue weighted by Gasteiger charge is -2.05. The highest BCUT2D eigenvalue weighted by Gasteiger charge is 2.10. The van der Waals surface area contributed by atoms with Gasteiger partial charge in [-0.25, -0.2) is 0 Å². The minimum atomic E-state index is -0.231. The Bertz CT molecular complexity index is 884. The minimum Gasteiger partial charge on any atom is -0.355 e. The van der Waals surface area contributed by atoms with Crippen molar-refractivity contribution in [1.82, 2.24) is 10.3 Å². The SMILES string of the molecule is CNC(=O)c1ccc(NC(=O)c2cc3cc(Br)ccc3[nH]2)cc1. The number of hydrogen-bond acceptors (Lipinski definition) is 2. The van der Waals surface area contributed by atoms with Crippen molar-refractivity contribution in [2.24, 2.45) is 0 Å². The number of aromatic nitrogens is 1. The first kappa shape index (κ1) is 15.3. The van der Waals surface area contributed by atoms with Gasteiger partial charge >= 0.3 is 0 Å². The van der Waals surface area contributed by atoms with Crippen molar-refractivity contribution in [2.75, 3.05) is 12.4 Å². The van der Waals surface area contributed by atoms with Gasteiger partial charge in [0.2, 0.25) is 0 Å². The van der Waals surface area contributed by atoms with E-state index in [0.29, 0.717) is 16.9 Å². The maximum Gasteiger partial charge on any atom is 0.272 e. The minimum absolute atomic E-state index is 0.163. The second kappa shape index (κ2) is 6.26. The Morgan fingerprint density at radius 1 is 1.00 bits per heavy atom. The van der Waals surface area contributed by atoms with Crippen LogP contribution in [0.15, 0.2) is 53.0 Å². The predicted octanol–water partition coefficient (Wildman–Crippen LogP) is 3.54. The summed E-state index contributed by atoms with van der Waals surface area (Å²) < 4.78 is 0.959. The van der Waals surface area contributed by atoms with E-state index in [4.69, 9.17) is 0 Å². The third kappa shape index (κ3) is 3.27. The number of aromatic amines is 1. The second-order valence-electron chi connectivity index (χ2n) is 5.03. The molecule has 1 heterocycles. The van der Waals surface area contributed by atoms with Gasteiger partial charge in [-0.2, -0.15) is 0 Å². The molecule has 1 aromatic heterocycles. The van der Waals surface area contributed by atoms with E-state index < -0.39 is 0 Å². The summed E-state index contributed by atoms with van der Waals surface area (Å²) in [6, 6.07) is 14.3. The Hall–Kier alpha value is -2.60. The van der Waals surface area contributed by atoms with Crippen LogP contribution in [0, 0.1) is 0 Å². The first-order valence-corrected chi connectivity index (χ1v) is 7.78. The fourth-order valence-electron chi connectivity index (χ4n) is 2.27. The van der Waals surface area contributed by atoms with Crippen molar-refractivity contribution in [3.05, 3.63) is 64.3 Å². The van der Waals surface area contributed by atoms with Crippen molar-refractivity contribution in [2.45, 2.75) is 0 Å². The number of anilines is 1. The number of fused-ring (bicyclic) bond motifs is 1. The maximum absolute atomic E-state index is 12.3. The van der Waals surface area contributed by atoms with Crippen molar-refractivity contribution >= 4 is 44.3 Å². The van der Waals surface area contributed by atoms with Crippen LogP contribution in [0.2, 0.25) is 0 Å². The van der Waals surface area contributed by atoms with E-state index in [9.17, 15) is 9.59 Å². The second-order valence-corrected chi connectivity index (χ2v) is 5.94. The highest BCUT2D eigenvalue weighted by molar-refractivity contribution is 9.10. The number of benzene rings is 2. The van der Waals surface area contributed by atoms with Crippen molar-refractivity contribution in [1.29, 1.82) is 0 Å². The molecule has 0 bridgehead atoms. The van der Waals surface area contributed by atoms with Gasteiger partial charge < -0.3 is 15.6 Å². The van der Waals surface area contributed by atoms with Crippen molar-refractivity contribution in [3.8, 4) is 0 Å². The summed E-state index contributed by atoms with van der Waals surface area (Å²) >= 11 is 3.41. The van der Waals surface area contributed by atoms with Crippen LogP contribution in [0.3, 0.4) is 0 Å². The molecule has 0 aliphatic carbocycles. The molecule has 3 rings (SSSR count). The van der Waals surface area contributed by atoms with Gasteiger partial charge in [-0.15, -0.1) is 0 Å². The smallest absolute Gasteiger partial charge is 0.272 e. The fourth-order valence-corrected chi connectivity index (χ4v) is 2.65. The summed E-state index contributed by atoms with van der Waals surface area (Å²) in [5.41, 5.74) is 2.55. The Kier molecular flexibility index (Phi) is 4.16. The van der Waals surface area contributed by atoms with Gasteiger partial charge in [0.05, 0.1) is 0 Å². The van der Waals surface area contributed by atoms with Crippen LogP contribution in [0.1, 0.15) is 20.8 Å². The van der Waals surface area contributed by atoms with E-state index in [1.165, 1.54) is 0 Å². The maximum atomic E-state index is 12.3. The average molecular weight is 372 g/mol. The standard InChI is InChI=1S/C17H14BrN3O2/c1-19-16(22)10-2-5-13(6-3-10)20-17(23)15-9-11-8-12(18)4-7-14(11)21-15/h2-9,21H,1H3,(H,19,22)(H,20,23). The molecule has 23 heavy (non-hydrogen) atoms. The van der Waals surface area contributed by atoms with Gasteiger partial charge in [0.25, 0.3) is 11.8 Å². The summed E-state index contributed by atoms with van der Waals surface area (Å²) in [6.07, 6.45) is 0. The largest absolute Gasteiger partial charge is 0.355 e. The summed E-state index contributed by atoms with van der Waals surface area (Å²) in [7, 11) is 1.58. The van der Waals surface area contributed by atoms with E-state index >= 15 is 0 Å². The van der Waals surface area contributed by atoms with Gasteiger partial charge in [0.15, 0.2) is 0 Å². The molecule has 0 atom stereocenters. The van der Waals surface area contributed by atoms with Crippen molar-refractivity contribution in [3.63, 3.8) is 0 Å². The number of hydrogen-bond donors (Lipinski definition) is 3. The summed E-state index contributed by atoms with van der Waals surface area (Å²) in [5.74, 6) is -0.394. The lowest BCUT2D eigenvalue weighted by atomic mass is 10.2. The highest BCUT2D eigenvalue weighted by Crippen LogP contribution is 2.21. The van der Waals surface area contributed by atoms with E-state index in [1.54, 1.807) is 37.4 Å². The van der Waals surface area contributed by atoms with Crippen molar-refractivity contribution < 1.29 is 9.59 Å². The molecule has 116 valence electrons. The van der Waals surface area contributed by atoms with Crippen LogP contribution in [0.5, 0.6) is 0 Å². The van der Waals surface area contributed by atoms with Gasteiger partial charge in [-0.3, -0.25) is 9.59 Å². The number of rotatable bonds is 3. The Morgan fingerprint density at radius 2 is 1.74 bits per heavy atom. The Balaban J connectivity index is 1.78. The summed E-state index contributed by atoms with van der Waals surface area (Å²) in [5, 5.41) is 6.31. The molecule has 0 radical (unpaired) electrons. The molecular formula is C17H14BrN3O2. The number of nitrogens with one attached hydrogen (secondary N) is 3. The lowest BCUT2D eigenvalue weighted by molar-refractivity contribution is 0.0962. The number of carbonyl (C=O) groups excluding carboxylic acids is 2. The Morgan fingerprint density at radius 3 is 2.43 bits per heavy atom. The molecule has 0 unspecified atom stereocenters. The van der Waals surface area contributed by atoms with Crippen LogP contribution in [0.25, 0.3) is 10.9 Å². The molecule has 3 N–H and O–H groups in total. The number of carbonyl (C=O) groups is 2. The van der Waals surface area contributed by atoms with Gasteiger partial charge in [0.1, 0.15) is 5.69 Å². The number of amides is 2. The molecule has 2 amide bonds. The van der Waals surface area contributed by atoms with E-state index in [2.05, 4.69) is 31.5 Å². The monoisotopic (exact) mass is 371 g/mol. The molecule has 0 aliphatic heterocycles. The van der Waals surface area contributed by atoms with Crippen LogP contribution in [-0.2, 0) is 0 Å². The van der Waals surface area contributed by atoms with E-state index in [0.717, 1.165) is 15.4 Å². The first-order valence-electron chi connectivity index (χ1n) is 6.98. The van der Waals surface area contributed by atoms with Gasteiger partial charge in [-0.1, -0.05) is 15.9 Å². The first-order chi connectivity index (χ1) is 11.1. The van der Waals surface area contributed by atoms with Crippen LogP contribution >= 0.6 is 15.9 Å². The number of H-pyrrole nitrogens is 1. The highest BCUT2D eigenvalue weighted by atomic mass is 79.9. The zero-order valence-corrected chi connectivity index (χ0v) is 13.9. The van der Waals surface area contributed by atoms with Crippen LogP contribution < -0.4 is 10.6 Å². The summed E-state index contributed by atoms with van der Waals surface area (Å²) in [6.45, 7) is 0. The number of halogens is 1. The zero-order chi connectivity index (χ0) is 16.4. The van der Waals surface area contributed by atoms with Crippen LogP contribution in [-0.4, -0.2) is 23.8 Å². The topological polar surface area (TPSA) is 74.0 Å². The molecule has 0 spiro atoms. The third-order valence-electron chi connectivity index (χ3n) is 3.46. The average Bonchev–Trinajstić information content (AvgIpc) is 2.98. The van der Waals surface area contributed by atoms with Crippen LogP contribution in [0.4, 0.5) is 5.69 Å². The molecule has 5 nitrogen and oxygen atoms in total. The van der Waals surface area contributed by atoms with E-state index in [-0.39, 0.29) is 11.8 Å². The van der Waals surface area contributed by atoms with Gasteiger partial charge in [0, 0.05) is 33.7 Å². The molecule has 0 aliphatic rings. The molecule has 0 saturated carbocycles. The molecule has 2 aromatic carbocycles. The quantitative estimate of drug-likeness (QED) is 0.658. The van der Waals surface area contributed by atoms with Gasteiger partial charge in [-0.05, 0) is 48.5 Å². The zero-order valence-electron chi connectivity index (χ0n) is 12.3. The third-order valence-corrected chi connectivity index (χ3v) is 3.95. The molecule has 0 fully saturated rings.